The molecule has 0 radical (unpaired) electrons. The summed E-state index contributed by atoms with van der Waals surface area (Å²) in [5.74, 6) is -0.0444. The number of hydrogen-bond donors (Lipinski definition) is 0. The largest absolute Gasteiger partial charge is 0.443 e. The average Bonchev–Trinajstić information content (AvgIpc) is 2.96. The summed E-state index contributed by atoms with van der Waals surface area (Å²) in [6.45, 7) is 2.56. The number of para-hydroxylation sites is 1. The molecule has 2 aromatic carbocycles. The van der Waals surface area contributed by atoms with Gasteiger partial charge in [-0.1, -0.05) is 18.2 Å². The molecule has 20 heavy (non-hydrogen) atoms. The van der Waals surface area contributed by atoms with E-state index < -0.39 is 0 Å². The van der Waals surface area contributed by atoms with Crippen LogP contribution in [0.1, 0.15) is 17.3 Å². The van der Waals surface area contributed by atoms with Crippen molar-refractivity contribution in [3.8, 4) is 0 Å². The van der Waals surface area contributed by atoms with Gasteiger partial charge in [-0.2, -0.15) is 0 Å². The van der Waals surface area contributed by atoms with Crippen molar-refractivity contribution in [2.75, 3.05) is 11.4 Å². The number of hydrogen-bond acceptors (Lipinski definition) is 3. The minimum atomic E-state index is -0.0444. The van der Waals surface area contributed by atoms with Crippen molar-refractivity contribution in [1.82, 2.24) is 4.98 Å². The molecule has 3 rings (SSSR count). The van der Waals surface area contributed by atoms with Gasteiger partial charge in [0.05, 0.1) is 0 Å². The molecular weight excluding hydrogens is 252 g/mol. The van der Waals surface area contributed by atoms with E-state index in [1.165, 1.54) is 6.39 Å². The van der Waals surface area contributed by atoms with Crippen molar-refractivity contribution in [3.63, 3.8) is 0 Å². The van der Waals surface area contributed by atoms with Gasteiger partial charge in [0.1, 0.15) is 5.52 Å². The Morgan fingerprint density at radius 3 is 2.75 bits per heavy atom. The maximum absolute atomic E-state index is 12.6. The standard InChI is InChI=1S/C16H14N2O2/c1-2-18(13-6-4-3-5-7-13)16(19)12-8-9-14-15(10-12)20-11-17-14/h3-11H,2H2,1H3. The van der Waals surface area contributed by atoms with E-state index in [1.807, 2.05) is 37.3 Å². The van der Waals surface area contributed by atoms with Crippen LogP contribution in [0.5, 0.6) is 0 Å². The predicted molar refractivity (Wildman–Crippen MR) is 77.8 cm³/mol. The number of carbonyl (C=O) groups excluding carboxylic acids is 1. The van der Waals surface area contributed by atoms with Crippen LogP contribution in [0.3, 0.4) is 0 Å². The molecule has 0 fully saturated rings. The van der Waals surface area contributed by atoms with E-state index in [1.54, 1.807) is 23.1 Å². The highest BCUT2D eigenvalue weighted by molar-refractivity contribution is 6.07. The van der Waals surface area contributed by atoms with Crippen molar-refractivity contribution in [1.29, 1.82) is 0 Å². The Hall–Kier alpha value is -2.62. The van der Waals surface area contributed by atoms with Gasteiger partial charge in [0, 0.05) is 17.8 Å². The fourth-order valence-corrected chi connectivity index (χ4v) is 2.20. The number of benzene rings is 2. The van der Waals surface area contributed by atoms with Crippen molar-refractivity contribution < 1.29 is 9.21 Å². The third-order valence-corrected chi connectivity index (χ3v) is 3.21. The van der Waals surface area contributed by atoms with E-state index in [0.29, 0.717) is 17.7 Å². The van der Waals surface area contributed by atoms with Gasteiger partial charge in [0.15, 0.2) is 12.0 Å². The molecule has 1 amide bonds. The zero-order valence-corrected chi connectivity index (χ0v) is 11.1. The summed E-state index contributed by atoms with van der Waals surface area (Å²) < 4.78 is 5.25. The first-order valence-corrected chi connectivity index (χ1v) is 6.50. The molecule has 3 aromatic rings. The second-order valence-electron chi connectivity index (χ2n) is 4.42. The molecular formula is C16H14N2O2. The maximum Gasteiger partial charge on any atom is 0.258 e. The predicted octanol–water partition coefficient (Wildman–Crippen LogP) is 3.49. The number of aromatic nitrogens is 1. The minimum Gasteiger partial charge on any atom is -0.443 e. The first kappa shape index (κ1) is 12.4. The number of fused-ring (bicyclic) bond motifs is 1. The summed E-state index contributed by atoms with van der Waals surface area (Å²) in [4.78, 5) is 18.4. The SMILES string of the molecule is CCN(C(=O)c1ccc2ncoc2c1)c1ccccc1. The average molecular weight is 266 g/mol. The number of rotatable bonds is 3. The lowest BCUT2D eigenvalue weighted by atomic mass is 10.1. The molecule has 0 bridgehead atoms. The Morgan fingerprint density at radius 1 is 1.20 bits per heavy atom. The van der Waals surface area contributed by atoms with Crippen LogP contribution in [-0.2, 0) is 0 Å². The smallest absolute Gasteiger partial charge is 0.258 e. The number of oxazole rings is 1. The Labute approximate surface area is 116 Å². The Bertz CT molecular complexity index is 734. The lowest BCUT2D eigenvalue weighted by molar-refractivity contribution is 0.0988. The lowest BCUT2D eigenvalue weighted by Crippen LogP contribution is -2.30. The van der Waals surface area contributed by atoms with Crippen LogP contribution in [0.4, 0.5) is 5.69 Å². The summed E-state index contributed by atoms with van der Waals surface area (Å²) in [6.07, 6.45) is 1.38. The van der Waals surface area contributed by atoms with Gasteiger partial charge in [-0.25, -0.2) is 4.98 Å². The highest BCUT2D eigenvalue weighted by atomic mass is 16.3. The van der Waals surface area contributed by atoms with Crippen LogP contribution in [0.2, 0.25) is 0 Å². The Kier molecular flexibility index (Phi) is 3.21. The van der Waals surface area contributed by atoms with Gasteiger partial charge >= 0.3 is 0 Å². The van der Waals surface area contributed by atoms with Crippen LogP contribution < -0.4 is 4.90 Å². The fourth-order valence-electron chi connectivity index (χ4n) is 2.20. The molecule has 0 aliphatic rings. The molecule has 4 nitrogen and oxygen atoms in total. The van der Waals surface area contributed by atoms with Crippen molar-refractivity contribution in [3.05, 3.63) is 60.5 Å². The quantitative estimate of drug-likeness (QED) is 0.729. The highest BCUT2D eigenvalue weighted by Gasteiger charge is 2.16. The number of carbonyl (C=O) groups is 1. The Balaban J connectivity index is 1.97. The highest BCUT2D eigenvalue weighted by Crippen LogP contribution is 2.19. The third kappa shape index (κ3) is 2.16. The number of amides is 1. The summed E-state index contributed by atoms with van der Waals surface area (Å²) in [7, 11) is 0. The van der Waals surface area contributed by atoms with Crippen LogP contribution >= 0.6 is 0 Å². The molecule has 0 N–H and O–H groups in total. The monoisotopic (exact) mass is 266 g/mol. The molecule has 1 heterocycles. The summed E-state index contributed by atoms with van der Waals surface area (Å²) >= 11 is 0. The van der Waals surface area contributed by atoms with Gasteiger partial charge in [-0.15, -0.1) is 0 Å². The molecule has 0 aliphatic carbocycles. The van der Waals surface area contributed by atoms with E-state index in [4.69, 9.17) is 4.42 Å². The molecule has 0 atom stereocenters. The summed E-state index contributed by atoms with van der Waals surface area (Å²) in [6, 6.07) is 14.9. The molecule has 0 spiro atoms. The van der Waals surface area contributed by atoms with Crippen LogP contribution in [0.15, 0.2) is 59.3 Å². The van der Waals surface area contributed by atoms with Gasteiger partial charge in [-0.05, 0) is 37.3 Å². The van der Waals surface area contributed by atoms with Gasteiger partial charge in [0.2, 0.25) is 0 Å². The number of nitrogens with zero attached hydrogens (tertiary/aromatic N) is 2. The van der Waals surface area contributed by atoms with Gasteiger partial charge in [-0.3, -0.25) is 4.79 Å². The zero-order chi connectivity index (χ0) is 13.9. The van der Waals surface area contributed by atoms with Gasteiger partial charge < -0.3 is 9.32 Å². The molecule has 100 valence electrons. The summed E-state index contributed by atoms with van der Waals surface area (Å²) in [5.41, 5.74) is 2.86. The van der Waals surface area contributed by atoms with E-state index >= 15 is 0 Å². The van der Waals surface area contributed by atoms with E-state index in [0.717, 1.165) is 11.2 Å². The Morgan fingerprint density at radius 2 is 2.00 bits per heavy atom. The van der Waals surface area contributed by atoms with Crippen LogP contribution in [0.25, 0.3) is 11.1 Å². The van der Waals surface area contributed by atoms with Crippen molar-refractivity contribution in [2.45, 2.75) is 6.92 Å². The maximum atomic E-state index is 12.6. The van der Waals surface area contributed by atoms with Crippen molar-refractivity contribution in [2.24, 2.45) is 0 Å². The minimum absolute atomic E-state index is 0.0444. The lowest BCUT2D eigenvalue weighted by Gasteiger charge is -2.21. The molecule has 0 unspecified atom stereocenters. The first-order valence-electron chi connectivity index (χ1n) is 6.50. The second kappa shape index (κ2) is 5.17. The van der Waals surface area contributed by atoms with E-state index in [9.17, 15) is 4.79 Å². The van der Waals surface area contributed by atoms with Gasteiger partial charge in [0.25, 0.3) is 5.91 Å². The molecule has 0 saturated carbocycles. The zero-order valence-electron chi connectivity index (χ0n) is 11.1. The van der Waals surface area contributed by atoms with E-state index in [-0.39, 0.29) is 5.91 Å². The van der Waals surface area contributed by atoms with E-state index in [2.05, 4.69) is 4.98 Å². The van der Waals surface area contributed by atoms with Crippen molar-refractivity contribution >= 4 is 22.7 Å². The normalized spacial score (nSPS) is 10.7. The first-order chi connectivity index (χ1) is 9.79. The molecule has 0 saturated heterocycles. The summed E-state index contributed by atoms with van der Waals surface area (Å²) in [5, 5.41) is 0. The third-order valence-electron chi connectivity index (χ3n) is 3.21. The van der Waals surface area contributed by atoms with Crippen LogP contribution in [-0.4, -0.2) is 17.4 Å². The fraction of sp³-hybridized carbons (Fsp3) is 0.125. The van der Waals surface area contributed by atoms with Crippen LogP contribution in [0, 0.1) is 0 Å². The number of anilines is 1. The topological polar surface area (TPSA) is 46.3 Å². The molecule has 1 aromatic heterocycles. The molecule has 4 heteroatoms. The molecule has 0 aliphatic heterocycles. The second-order valence-corrected chi connectivity index (χ2v) is 4.42.